The van der Waals surface area contributed by atoms with Crippen molar-refractivity contribution in [2.45, 2.75) is 32.2 Å². The molecule has 2 aromatic rings. The first kappa shape index (κ1) is 21.3. The molecule has 0 fully saturated rings. The molecule has 1 atom stereocenters. The number of aromatic nitrogens is 1. The summed E-state index contributed by atoms with van der Waals surface area (Å²) in [6.45, 7) is 1.96. The second kappa shape index (κ2) is 8.93. The summed E-state index contributed by atoms with van der Waals surface area (Å²) in [5.41, 5.74) is 7.44. The molecule has 1 aliphatic heterocycles. The molecule has 0 amide bonds. The summed E-state index contributed by atoms with van der Waals surface area (Å²) in [6.07, 6.45) is 1.44. The highest BCUT2D eigenvalue weighted by molar-refractivity contribution is 5.60. The molecule has 1 unspecified atom stereocenters. The fourth-order valence-electron chi connectivity index (χ4n) is 3.88. The summed E-state index contributed by atoms with van der Waals surface area (Å²) in [4.78, 5) is 13.5. The van der Waals surface area contributed by atoms with Gasteiger partial charge in [0.05, 0.1) is 32.3 Å². The Hall–Kier alpha value is -3.44. The van der Waals surface area contributed by atoms with E-state index in [4.69, 9.17) is 19.9 Å². The molecule has 3 N–H and O–H groups in total. The Labute approximate surface area is 174 Å². The molecule has 30 heavy (non-hydrogen) atoms. The number of nitrogens with zero attached hydrogens (tertiary/aromatic N) is 2. The quantitative estimate of drug-likeness (QED) is 0.715. The van der Waals surface area contributed by atoms with Gasteiger partial charge in [-0.25, -0.2) is 0 Å². The standard InChI is InChI=1S/C22H25N3O5/c1-4-6-13-11-17-19(22(27)25(13)9-10-26)18(15(12-23)21(24)30-17)14-7-5-8-16(28-2)20(14)29-3/h5,7-8,11,18,26H,4,6,9-10,24H2,1-3H3. The van der Waals surface area contributed by atoms with Crippen molar-refractivity contribution in [3.63, 3.8) is 0 Å². The monoisotopic (exact) mass is 411 g/mol. The van der Waals surface area contributed by atoms with E-state index in [1.54, 1.807) is 24.3 Å². The predicted octanol–water partition coefficient (Wildman–Crippen LogP) is 2.03. The number of nitrogens with two attached hydrogens (primary N) is 1. The molecule has 0 saturated carbocycles. The number of pyridine rings is 1. The Kier molecular flexibility index (Phi) is 6.33. The van der Waals surface area contributed by atoms with Crippen LogP contribution in [0.5, 0.6) is 17.2 Å². The van der Waals surface area contributed by atoms with Gasteiger partial charge >= 0.3 is 0 Å². The summed E-state index contributed by atoms with van der Waals surface area (Å²) >= 11 is 0. The van der Waals surface area contributed by atoms with Crippen LogP contribution < -0.4 is 25.5 Å². The molecule has 0 spiro atoms. The molecule has 0 saturated heterocycles. The van der Waals surface area contributed by atoms with Gasteiger partial charge in [-0.15, -0.1) is 0 Å². The van der Waals surface area contributed by atoms with E-state index >= 15 is 0 Å². The normalized spacial score (nSPS) is 15.2. The number of hydrogen-bond donors (Lipinski definition) is 2. The minimum absolute atomic E-state index is 0.0540. The Bertz CT molecular complexity index is 1080. The van der Waals surface area contributed by atoms with Crippen molar-refractivity contribution in [3.8, 4) is 23.3 Å². The van der Waals surface area contributed by atoms with Crippen molar-refractivity contribution in [2.75, 3.05) is 20.8 Å². The first-order valence-electron chi connectivity index (χ1n) is 9.68. The summed E-state index contributed by atoms with van der Waals surface area (Å²) in [5.74, 6) is 0.337. The van der Waals surface area contributed by atoms with Gasteiger partial charge < -0.3 is 29.6 Å². The molecule has 0 aliphatic carbocycles. The zero-order valence-corrected chi connectivity index (χ0v) is 17.3. The Morgan fingerprint density at radius 3 is 2.70 bits per heavy atom. The number of hydrogen-bond acceptors (Lipinski definition) is 7. The average Bonchev–Trinajstić information content (AvgIpc) is 2.75. The smallest absolute Gasteiger partial charge is 0.258 e. The summed E-state index contributed by atoms with van der Waals surface area (Å²) in [7, 11) is 3.01. The van der Waals surface area contributed by atoms with E-state index in [-0.39, 0.29) is 35.7 Å². The maximum Gasteiger partial charge on any atom is 0.258 e. The summed E-state index contributed by atoms with van der Waals surface area (Å²) in [5, 5.41) is 19.3. The lowest BCUT2D eigenvalue weighted by Crippen LogP contribution is -2.34. The largest absolute Gasteiger partial charge is 0.493 e. The van der Waals surface area contributed by atoms with E-state index < -0.39 is 5.92 Å². The fourth-order valence-corrected chi connectivity index (χ4v) is 3.88. The van der Waals surface area contributed by atoms with Crippen LogP contribution in [0.25, 0.3) is 0 Å². The van der Waals surface area contributed by atoms with Crippen LogP contribution in [0.1, 0.15) is 36.1 Å². The van der Waals surface area contributed by atoms with Crippen LogP contribution in [0.2, 0.25) is 0 Å². The number of aliphatic hydroxyl groups excluding tert-OH is 1. The third-order valence-corrected chi connectivity index (χ3v) is 5.14. The number of nitriles is 1. The van der Waals surface area contributed by atoms with E-state index in [2.05, 4.69) is 6.07 Å². The van der Waals surface area contributed by atoms with Crippen LogP contribution in [0, 0.1) is 11.3 Å². The van der Waals surface area contributed by atoms with Gasteiger partial charge in [-0.2, -0.15) is 5.26 Å². The average molecular weight is 411 g/mol. The van der Waals surface area contributed by atoms with Crippen LogP contribution in [0.4, 0.5) is 0 Å². The third-order valence-electron chi connectivity index (χ3n) is 5.14. The molecule has 1 aromatic heterocycles. The third kappa shape index (κ3) is 3.48. The summed E-state index contributed by atoms with van der Waals surface area (Å²) < 4.78 is 18.2. The zero-order valence-electron chi connectivity index (χ0n) is 17.3. The van der Waals surface area contributed by atoms with E-state index in [0.29, 0.717) is 29.2 Å². The second-order valence-electron chi connectivity index (χ2n) is 6.85. The molecule has 0 radical (unpaired) electrons. The van der Waals surface area contributed by atoms with E-state index in [0.717, 1.165) is 12.1 Å². The maximum atomic E-state index is 13.5. The van der Waals surface area contributed by atoms with Crippen LogP contribution in [-0.4, -0.2) is 30.5 Å². The van der Waals surface area contributed by atoms with Crippen LogP contribution in [0.15, 0.2) is 40.5 Å². The van der Waals surface area contributed by atoms with Gasteiger partial charge in [-0.05, 0) is 12.5 Å². The number of methoxy groups -OCH3 is 2. The molecular weight excluding hydrogens is 386 g/mol. The van der Waals surface area contributed by atoms with Gasteiger partial charge in [0.1, 0.15) is 17.4 Å². The molecule has 158 valence electrons. The number of ether oxygens (including phenoxy) is 3. The second-order valence-corrected chi connectivity index (χ2v) is 6.85. The number of fused-ring (bicyclic) bond motifs is 1. The Morgan fingerprint density at radius 1 is 1.33 bits per heavy atom. The van der Waals surface area contributed by atoms with Gasteiger partial charge in [-0.1, -0.05) is 25.5 Å². The minimum Gasteiger partial charge on any atom is -0.493 e. The number of aliphatic hydroxyl groups is 1. The molecule has 1 aliphatic rings. The number of allylic oxidation sites excluding steroid dienone is 1. The summed E-state index contributed by atoms with van der Waals surface area (Å²) in [6, 6.07) is 9.10. The van der Waals surface area contributed by atoms with Crippen LogP contribution >= 0.6 is 0 Å². The van der Waals surface area contributed by atoms with E-state index in [9.17, 15) is 15.2 Å². The molecule has 2 heterocycles. The molecule has 0 bridgehead atoms. The first-order chi connectivity index (χ1) is 14.5. The Balaban J connectivity index is 2.37. The van der Waals surface area contributed by atoms with Gasteiger partial charge in [0.15, 0.2) is 11.5 Å². The van der Waals surface area contributed by atoms with E-state index in [1.807, 2.05) is 6.92 Å². The SMILES string of the molecule is CCCc1cc2c(c(=O)n1CCO)C(c1cccc(OC)c1OC)C(C#N)=C(N)O2. The molecule has 8 heteroatoms. The van der Waals surface area contributed by atoms with Gasteiger partial charge in [0, 0.05) is 23.9 Å². The molecular formula is C22H25N3O5. The van der Waals surface area contributed by atoms with Crippen molar-refractivity contribution >= 4 is 0 Å². The predicted molar refractivity (Wildman–Crippen MR) is 111 cm³/mol. The van der Waals surface area contributed by atoms with E-state index in [1.165, 1.54) is 18.8 Å². The lowest BCUT2D eigenvalue weighted by molar-refractivity contribution is 0.271. The zero-order chi connectivity index (χ0) is 21.8. The number of aryl methyl sites for hydroxylation is 1. The van der Waals surface area contributed by atoms with Crippen molar-refractivity contribution in [3.05, 3.63) is 62.9 Å². The topological polar surface area (TPSA) is 120 Å². The minimum atomic E-state index is -0.795. The fraction of sp³-hybridized carbons (Fsp3) is 0.364. The van der Waals surface area contributed by atoms with Crippen molar-refractivity contribution in [1.29, 1.82) is 5.26 Å². The van der Waals surface area contributed by atoms with Crippen LogP contribution in [0.3, 0.4) is 0 Å². The molecule has 3 rings (SSSR count). The Morgan fingerprint density at radius 2 is 2.10 bits per heavy atom. The highest BCUT2D eigenvalue weighted by Gasteiger charge is 2.36. The molecule has 8 nitrogen and oxygen atoms in total. The maximum absolute atomic E-state index is 13.5. The van der Waals surface area contributed by atoms with Crippen molar-refractivity contribution in [1.82, 2.24) is 4.57 Å². The first-order valence-corrected chi connectivity index (χ1v) is 9.68. The lowest BCUT2D eigenvalue weighted by Gasteiger charge is -2.28. The number of para-hydroxylation sites is 1. The lowest BCUT2D eigenvalue weighted by atomic mass is 9.83. The highest BCUT2D eigenvalue weighted by Crippen LogP contribution is 2.46. The van der Waals surface area contributed by atoms with Crippen LogP contribution in [-0.2, 0) is 13.0 Å². The number of rotatable bonds is 7. The van der Waals surface area contributed by atoms with Crippen molar-refractivity contribution < 1.29 is 19.3 Å². The van der Waals surface area contributed by atoms with Gasteiger partial charge in [0.2, 0.25) is 5.88 Å². The molecule has 1 aromatic carbocycles. The number of benzene rings is 1. The van der Waals surface area contributed by atoms with Gasteiger partial charge in [0.25, 0.3) is 5.56 Å². The van der Waals surface area contributed by atoms with Gasteiger partial charge in [-0.3, -0.25) is 4.79 Å². The highest BCUT2D eigenvalue weighted by atomic mass is 16.5. The van der Waals surface area contributed by atoms with Crippen molar-refractivity contribution in [2.24, 2.45) is 5.73 Å².